The van der Waals surface area contributed by atoms with Crippen molar-refractivity contribution >= 4 is 23.1 Å². The van der Waals surface area contributed by atoms with Crippen LogP contribution in [0.1, 0.15) is 0 Å². The van der Waals surface area contributed by atoms with Gasteiger partial charge in [0.05, 0.1) is 12.0 Å². The Kier molecular flexibility index (Phi) is 4.14. The fourth-order valence-corrected chi connectivity index (χ4v) is 1.75. The molecule has 0 saturated heterocycles. The van der Waals surface area contributed by atoms with Crippen molar-refractivity contribution in [1.82, 2.24) is 9.97 Å². The van der Waals surface area contributed by atoms with Crippen molar-refractivity contribution in [2.75, 3.05) is 24.5 Å². The van der Waals surface area contributed by atoms with E-state index in [1.165, 1.54) is 0 Å². The largest absolute Gasteiger partial charge is 0.497 e. The number of nitrogen functional groups attached to an aromatic ring is 1. The number of nitrogens with zero attached hydrogens (tertiary/aromatic N) is 4. The molecule has 2 aromatic rings. The standard InChI is InChI=1S/C12H14N6O3/c1-17(8-4-3-5-9(6-8)21-2)11-10(18(19)20)7-14-12(15-11)16-13/h3-7H,13H2,1-2H3,(H,14,15,16). The van der Waals surface area contributed by atoms with E-state index in [2.05, 4.69) is 15.4 Å². The number of nitro groups is 1. The molecule has 1 heterocycles. The lowest BCUT2D eigenvalue weighted by Crippen LogP contribution is -2.17. The SMILES string of the molecule is COc1cccc(N(C)c2nc(NN)ncc2[N+](=O)[O-])c1. The molecule has 1 aromatic heterocycles. The van der Waals surface area contributed by atoms with E-state index in [1.54, 1.807) is 43.3 Å². The highest BCUT2D eigenvalue weighted by atomic mass is 16.6. The molecular weight excluding hydrogens is 276 g/mol. The number of ether oxygens (including phenoxy) is 1. The summed E-state index contributed by atoms with van der Waals surface area (Å²) in [5, 5.41) is 11.1. The Bertz CT molecular complexity index is 663. The van der Waals surface area contributed by atoms with Crippen molar-refractivity contribution in [2.24, 2.45) is 5.84 Å². The summed E-state index contributed by atoms with van der Waals surface area (Å²) < 4.78 is 5.14. The van der Waals surface area contributed by atoms with Crippen molar-refractivity contribution < 1.29 is 9.66 Å². The summed E-state index contributed by atoms with van der Waals surface area (Å²) in [4.78, 5) is 19.9. The molecule has 0 saturated carbocycles. The van der Waals surface area contributed by atoms with Crippen LogP contribution in [0.25, 0.3) is 0 Å². The lowest BCUT2D eigenvalue weighted by Gasteiger charge is -2.19. The van der Waals surface area contributed by atoms with Crippen LogP contribution in [0.2, 0.25) is 0 Å². The maximum atomic E-state index is 11.1. The molecule has 2 rings (SSSR count). The molecule has 0 radical (unpaired) electrons. The second-order valence-corrected chi connectivity index (χ2v) is 4.06. The first-order valence-corrected chi connectivity index (χ1v) is 5.92. The third kappa shape index (κ3) is 2.98. The summed E-state index contributed by atoms with van der Waals surface area (Å²) in [6.45, 7) is 0. The molecular formula is C12H14N6O3. The van der Waals surface area contributed by atoms with Crippen molar-refractivity contribution in [1.29, 1.82) is 0 Å². The molecule has 0 fully saturated rings. The molecule has 110 valence electrons. The first-order valence-electron chi connectivity index (χ1n) is 5.92. The number of hydrogen-bond donors (Lipinski definition) is 2. The van der Waals surface area contributed by atoms with Gasteiger partial charge < -0.3 is 9.64 Å². The van der Waals surface area contributed by atoms with E-state index in [0.717, 1.165) is 6.20 Å². The summed E-state index contributed by atoms with van der Waals surface area (Å²) >= 11 is 0. The number of nitrogens with two attached hydrogens (primary N) is 1. The summed E-state index contributed by atoms with van der Waals surface area (Å²) in [6, 6.07) is 7.07. The van der Waals surface area contributed by atoms with Crippen molar-refractivity contribution in [3.8, 4) is 5.75 Å². The van der Waals surface area contributed by atoms with Crippen LogP contribution in [0, 0.1) is 10.1 Å². The van der Waals surface area contributed by atoms with Gasteiger partial charge >= 0.3 is 5.69 Å². The highest BCUT2D eigenvalue weighted by Crippen LogP contribution is 2.32. The second-order valence-electron chi connectivity index (χ2n) is 4.06. The highest BCUT2D eigenvalue weighted by Gasteiger charge is 2.21. The van der Waals surface area contributed by atoms with Gasteiger partial charge in [-0.3, -0.25) is 15.5 Å². The third-order valence-electron chi connectivity index (χ3n) is 2.83. The van der Waals surface area contributed by atoms with Crippen molar-refractivity contribution in [2.45, 2.75) is 0 Å². The van der Waals surface area contributed by atoms with Gasteiger partial charge in [0.1, 0.15) is 11.9 Å². The summed E-state index contributed by atoms with van der Waals surface area (Å²) in [6.07, 6.45) is 1.11. The van der Waals surface area contributed by atoms with Gasteiger partial charge in [0.2, 0.25) is 11.8 Å². The Morgan fingerprint density at radius 1 is 1.48 bits per heavy atom. The Morgan fingerprint density at radius 2 is 2.24 bits per heavy atom. The van der Waals surface area contributed by atoms with Gasteiger partial charge in [-0.1, -0.05) is 6.07 Å². The molecule has 0 bridgehead atoms. The number of rotatable bonds is 5. The monoisotopic (exact) mass is 290 g/mol. The molecule has 0 unspecified atom stereocenters. The van der Waals surface area contributed by atoms with E-state index in [4.69, 9.17) is 10.6 Å². The van der Waals surface area contributed by atoms with Crippen LogP contribution >= 0.6 is 0 Å². The van der Waals surface area contributed by atoms with Gasteiger partial charge in [-0.15, -0.1) is 0 Å². The fraction of sp³-hybridized carbons (Fsp3) is 0.167. The second kappa shape index (κ2) is 6.01. The predicted molar refractivity (Wildman–Crippen MR) is 77.6 cm³/mol. The number of methoxy groups -OCH3 is 1. The minimum absolute atomic E-state index is 0.0883. The summed E-state index contributed by atoms with van der Waals surface area (Å²) in [7, 11) is 3.20. The van der Waals surface area contributed by atoms with Crippen LogP contribution in [0.4, 0.5) is 23.1 Å². The van der Waals surface area contributed by atoms with E-state index in [1.807, 2.05) is 0 Å². The maximum absolute atomic E-state index is 11.1. The van der Waals surface area contributed by atoms with E-state index >= 15 is 0 Å². The van der Waals surface area contributed by atoms with Gasteiger partial charge in [0.25, 0.3) is 0 Å². The van der Waals surface area contributed by atoms with Gasteiger partial charge in [-0.05, 0) is 12.1 Å². The quantitative estimate of drug-likeness (QED) is 0.482. The molecule has 21 heavy (non-hydrogen) atoms. The summed E-state index contributed by atoms with van der Waals surface area (Å²) in [5.74, 6) is 6.09. The maximum Gasteiger partial charge on any atom is 0.330 e. The lowest BCUT2D eigenvalue weighted by molar-refractivity contribution is -0.384. The van der Waals surface area contributed by atoms with Gasteiger partial charge in [-0.25, -0.2) is 10.8 Å². The molecule has 0 aliphatic carbocycles. The Labute approximate surface area is 120 Å². The smallest absolute Gasteiger partial charge is 0.330 e. The van der Waals surface area contributed by atoms with Crippen LogP contribution in [-0.2, 0) is 0 Å². The number of anilines is 3. The molecule has 9 nitrogen and oxygen atoms in total. The Hall–Kier alpha value is -2.94. The van der Waals surface area contributed by atoms with Crippen LogP contribution in [-0.4, -0.2) is 29.0 Å². The molecule has 0 spiro atoms. The average Bonchev–Trinajstić information content (AvgIpc) is 2.53. The van der Waals surface area contributed by atoms with E-state index < -0.39 is 4.92 Å². The van der Waals surface area contributed by atoms with Crippen molar-refractivity contribution in [3.63, 3.8) is 0 Å². The highest BCUT2D eigenvalue weighted by molar-refractivity contribution is 5.69. The predicted octanol–water partition coefficient (Wildman–Crippen LogP) is 1.45. The molecule has 1 aromatic carbocycles. The zero-order valence-corrected chi connectivity index (χ0v) is 11.5. The normalized spacial score (nSPS) is 10.0. The van der Waals surface area contributed by atoms with Gasteiger partial charge in [0, 0.05) is 18.8 Å². The van der Waals surface area contributed by atoms with Gasteiger partial charge in [-0.2, -0.15) is 4.98 Å². The molecule has 0 amide bonds. The fourth-order valence-electron chi connectivity index (χ4n) is 1.75. The van der Waals surface area contributed by atoms with Gasteiger partial charge in [0.15, 0.2) is 0 Å². The van der Waals surface area contributed by atoms with Crippen LogP contribution in [0.15, 0.2) is 30.5 Å². The molecule has 9 heteroatoms. The zero-order chi connectivity index (χ0) is 15.4. The van der Waals surface area contributed by atoms with Crippen molar-refractivity contribution in [3.05, 3.63) is 40.6 Å². The Balaban J connectivity index is 2.50. The minimum Gasteiger partial charge on any atom is -0.497 e. The van der Waals surface area contributed by atoms with E-state index in [9.17, 15) is 10.1 Å². The first kappa shape index (κ1) is 14.5. The number of benzene rings is 1. The number of nitrogens with one attached hydrogen (secondary N) is 1. The third-order valence-corrected chi connectivity index (χ3v) is 2.83. The molecule has 0 aliphatic heterocycles. The molecule has 0 atom stereocenters. The Morgan fingerprint density at radius 3 is 2.86 bits per heavy atom. The van der Waals surface area contributed by atoms with Crippen LogP contribution < -0.4 is 20.9 Å². The van der Waals surface area contributed by atoms with Crippen LogP contribution in [0.5, 0.6) is 5.75 Å². The first-order chi connectivity index (χ1) is 10.1. The number of hydrazine groups is 1. The average molecular weight is 290 g/mol. The lowest BCUT2D eigenvalue weighted by atomic mass is 10.2. The van der Waals surface area contributed by atoms with E-state index in [0.29, 0.717) is 11.4 Å². The number of aromatic nitrogens is 2. The van der Waals surface area contributed by atoms with E-state index in [-0.39, 0.29) is 17.5 Å². The minimum atomic E-state index is -0.549. The topological polar surface area (TPSA) is 119 Å². The zero-order valence-electron chi connectivity index (χ0n) is 11.5. The molecule has 0 aliphatic rings. The number of hydrogen-bond acceptors (Lipinski definition) is 8. The van der Waals surface area contributed by atoms with Crippen LogP contribution in [0.3, 0.4) is 0 Å². The molecule has 3 N–H and O–H groups in total. The summed E-state index contributed by atoms with van der Waals surface area (Å²) in [5.41, 5.74) is 2.72.